The average Bonchev–Trinajstić information content (AvgIpc) is 3.39. The van der Waals surface area contributed by atoms with E-state index in [9.17, 15) is 36.0 Å². The standard InChI is InChI=1S/C37H33ClF3N7O7S/c1-37(2,3)55-36(51)42-25(16-19-14-20(39)17-21(40)15-19)34-45-32-22(10-13-29(44-32)54-27-9-7-6-8-24(27)41)35(50)48(34)26-12-11-23(38)30-31(26)47(4)46-33(30)43-28(49)18-56(5,52)53/h6-15,17,25H,16,18H2,1-5H3,(H,42,51)(H,43,46,49). The molecule has 14 nitrogen and oxygen atoms in total. The zero-order valence-corrected chi connectivity index (χ0v) is 31.9. The number of hydrogen-bond acceptors (Lipinski definition) is 10. The molecule has 3 aromatic carbocycles. The molecule has 0 bridgehead atoms. The number of halogens is 4. The van der Waals surface area contributed by atoms with Crippen LogP contribution in [0.25, 0.3) is 27.6 Å². The van der Waals surface area contributed by atoms with Crippen LogP contribution >= 0.6 is 11.6 Å². The largest absolute Gasteiger partial charge is 0.444 e. The second-order valence-electron chi connectivity index (χ2n) is 13.7. The van der Waals surface area contributed by atoms with E-state index in [1.165, 1.54) is 54.2 Å². The molecule has 6 aromatic rings. The molecule has 0 aliphatic rings. The number of benzene rings is 3. The van der Waals surface area contributed by atoms with E-state index in [2.05, 4.69) is 20.7 Å². The van der Waals surface area contributed by atoms with Gasteiger partial charge in [0.2, 0.25) is 11.8 Å². The summed E-state index contributed by atoms with van der Waals surface area (Å²) in [5.41, 5.74) is -1.69. The number of aromatic nitrogens is 5. The molecular weight excluding hydrogens is 779 g/mol. The van der Waals surface area contributed by atoms with Crippen LogP contribution in [0.15, 0.2) is 71.5 Å². The summed E-state index contributed by atoms with van der Waals surface area (Å²) in [6, 6.07) is 12.5. The van der Waals surface area contributed by atoms with Crippen LogP contribution in [0.3, 0.4) is 0 Å². The summed E-state index contributed by atoms with van der Waals surface area (Å²) < 4.78 is 80.8. The van der Waals surface area contributed by atoms with E-state index in [4.69, 9.17) is 26.1 Å². The molecule has 56 heavy (non-hydrogen) atoms. The highest BCUT2D eigenvalue weighted by atomic mass is 35.5. The molecule has 1 atom stereocenters. The molecule has 0 saturated heterocycles. The molecule has 292 valence electrons. The van der Waals surface area contributed by atoms with E-state index in [0.29, 0.717) is 6.07 Å². The first-order valence-electron chi connectivity index (χ1n) is 16.7. The number of aryl methyl sites for hydroxylation is 1. The lowest BCUT2D eigenvalue weighted by Crippen LogP contribution is -2.39. The van der Waals surface area contributed by atoms with Gasteiger partial charge in [-0.2, -0.15) is 10.1 Å². The first kappa shape index (κ1) is 39.7. The summed E-state index contributed by atoms with van der Waals surface area (Å²) >= 11 is 6.63. The number of carbonyl (C=O) groups excluding carboxylic acids is 2. The summed E-state index contributed by atoms with van der Waals surface area (Å²) in [4.78, 5) is 49.9. The molecule has 3 heterocycles. The van der Waals surface area contributed by atoms with Crippen LogP contribution in [-0.2, 0) is 32.8 Å². The number of fused-ring (bicyclic) bond motifs is 2. The van der Waals surface area contributed by atoms with Gasteiger partial charge in [0, 0.05) is 31.9 Å². The maximum Gasteiger partial charge on any atom is 0.408 e. The smallest absolute Gasteiger partial charge is 0.408 e. The van der Waals surface area contributed by atoms with Crippen LogP contribution in [-0.4, -0.2) is 62.3 Å². The number of ether oxygens (including phenoxy) is 2. The molecule has 3 aromatic heterocycles. The molecule has 0 aliphatic heterocycles. The lowest BCUT2D eigenvalue weighted by molar-refractivity contribution is -0.113. The normalized spacial score (nSPS) is 12.4. The molecule has 19 heteroatoms. The number of hydrogen-bond donors (Lipinski definition) is 2. The number of carbonyl (C=O) groups is 2. The Labute approximate surface area is 322 Å². The van der Waals surface area contributed by atoms with Gasteiger partial charge < -0.3 is 20.1 Å². The van der Waals surface area contributed by atoms with Crippen LogP contribution in [0.1, 0.15) is 38.2 Å². The van der Waals surface area contributed by atoms with Gasteiger partial charge in [0.1, 0.15) is 28.8 Å². The lowest BCUT2D eigenvalue weighted by Gasteiger charge is -2.26. The summed E-state index contributed by atoms with van der Waals surface area (Å²) in [6.45, 7) is 4.86. The van der Waals surface area contributed by atoms with Gasteiger partial charge in [-0.15, -0.1) is 0 Å². The van der Waals surface area contributed by atoms with Gasteiger partial charge in [-0.3, -0.25) is 18.8 Å². The second-order valence-corrected chi connectivity index (χ2v) is 16.3. The number of pyridine rings is 1. The minimum atomic E-state index is -3.73. The van der Waals surface area contributed by atoms with E-state index >= 15 is 0 Å². The van der Waals surface area contributed by atoms with E-state index in [1.807, 2.05) is 0 Å². The molecule has 0 aliphatic carbocycles. The van der Waals surface area contributed by atoms with E-state index in [-0.39, 0.29) is 67.9 Å². The Balaban J connectivity index is 1.62. The van der Waals surface area contributed by atoms with Crippen molar-refractivity contribution in [2.45, 2.75) is 38.8 Å². The van der Waals surface area contributed by atoms with E-state index in [1.54, 1.807) is 26.8 Å². The fraction of sp³-hybridized carbons (Fsp3) is 0.243. The first-order valence-corrected chi connectivity index (χ1v) is 19.1. The molecule has 2 amide bonds. The quantitative estimate of drug-likeness (QED) is 0.159. The first-order chi connectivity index (χ1) is 26.3. The molecule has 2 N–H and O–H groups in total. The van der Waals surface area contributed by atoms with Gasteiger partial charge >= 0.3 is 6.09 Å². The number of nitrogens with one attached hydrogen (secondary N) is 2. The maximum absolute atomic E-state index is 14.8. The van der Waals surface area contributed by atoms with Crippen LogP contribution in [0.4, 0.5) is 23.8 Å². The number of amides is 2. The van der Waals surface area contributed by atoms with Crippen molar-refractivity contribution in [2.24, 2.45) is 7.05 Å². The third kappa shape index (κ3) is 8.92. The predicted molar refractivity (Wildman–Crippen MR) is 201 cm³/mol. The number of sulfone groups is 1. The molecule has 1 unspecified atom stereocenters. The third-order valence-electron chi connectivity index (χ3n) is 7.96. The molecule has 0 spiro atoms. The van der Waals surface area contributed by atoms with E-state index < -0.39 is 62.2 Å². The number of alkyl carbamates (subject to hydrolysis) is 1. The summed E-state index contributed by atoms with van der Waals surface area (Å²) in [5.74, 6) is -4.90. The van der Waals surface area contributed by atoms with Crippen LogP contribution < -0.4 is 20.9 Å². The second kappa shape index (κ2) is 15.3. The topological polar surface area (TPSA) is 176 Å². The number of rotatable bonds is 10. The van der Waals surface area contributed by atoms with Crippen molar-refractivity contribution in [2.75, 3.05) is 17.3 Å². The van der Waals surface area contributed by atoms with Crippen molar-refractivity contribution in [3.8, 4) is 17.3 Å². The Kier molecular flexibility index (Phi) is 10.8. The van der Waals surface area contributed by atoms with Gasteiger partial charge in [0.15, 0.2) is 32.9 Å². The Hall–Kier alpha value is -6.01. The fourth-order valence-electron chi connectivity index (χ4n) is 5.88. The minimum absolute atomic E-state index is 0.0603. The van der Waals surface area contributed by atoms with Crippen molar-refractivity contribution in [3.63, 3.8) is 0 Å². The van der Waals surface area contributed by atoms with Crippen LogP contribution in [0, 0.1) is 17.5 Å². The zero-order chi connectivity index (χ0) is 40.7. The maximum atomic E-state index is 14.8. The highest BCUT2D eigenvalue weighted by Gasteiger charge is 2.29. The number of para-hydroxylation sites is 1. The van der Waals surface area contributed by atoms with E-state index in [0.717, 1.165) is 23.0 Å². The minimum Gasteiger partial charge on any atom is -0.444 e. The van der Waals surface area contributed by atoms with Gasteiger partial charge in [0.05, 0.1) is 33.0 Å². The summed E-state index contributed by atoms with van der Waals surface area (Å²) in [5, 5.41) is 9.56. The Morgan fingerprint density at radius 3 is 2.34 bits per heavy atom. The Bertz CT molecular complexity index is 2700. The van der Waals surface area contributed by atoms with Gasteiger partial charge in [0.25, 0.3) is 5.56 Å². The van der Waals surface area contributed by atoms with Crippen molar-refractivity contribution in [1.29, 1.82) is 0 Å². The van der Waals surface area contributed by atoms with Crippen LogP contribution in [0.2, 0.25) is 5.02 Å². The predicted octanol–water partition coefficient (Wildman–Crippen LogP) is 6.32. The highest BCUT2D eigenvalue weighted by Crippen LogP contribution is 2.35. The molecule has 6 rings (SSSR count). The zero-order valence-electron chi connectivity index (χ0n) is 30.4. The number of nitrogens with zero attached hydrogens (tertiary/aromatic N) is 5. The van der Waals surface area contributed by atoms with Gasteiger partial charge in [-0.05, 0) is 68.8 Å². The lowest BCUT2D eigenvalue weighted by atomic mass is 10.0. The number of anilines is 1. The van der Waals surface area contributed by atoms with Crippen molar-refractivity contribution < 1.29 is 40.7 Å². The fourth-order valence-corrected chi connectivity index (χ4v) is 6.67. The van der Waals surface area contributed by atoms with Crippen LogP contribution in [0.5, 0.6) is 11.6 Å². The summed E-state index contributed by atoms with van der Waals surface area (Å²) in [6.07, 6.45) is -0.423. The molecule has 0 saturated carbocycles. The van der Waals surface area contributed by atoms with Crippen molar-refractivity contribution in [1.82, 2.24) is 29.6 Å². The molecule has 0 radical (unpaired) electrons. The van der Waals surface area contributed by atoms with Gasteiger partial charge in [-0.1, -0.05) is 23.7 Å². The molecular formula is C37H33ClF3N7O7S. The third-order valence-corrected chi connectivity index (χ3v) is 9.06. The van der Waals surface area contributed by atoms with Crippen molar-refractivity contribution in [3.05, 3.63) is 111 Å². The highest BCUT2D eigenvalue weighted by molar-refractivity contribution is 7.91. The summed E-state index contributed by atoms with van der Waals surface area (Å²) in [7, 11) is -2.25. The van der Waals surface area contributed by atoms with Gasteiger partial charge in [-0.25, -0.2) is 31.4 Å². The monoisotopic (exact) mass is 811 g/mol. The Morgan fingerprint density at radius 2 is 1.68 bits per heavy atom. The SMILES string of the molecule is Cn1nc(NC(=O)CS(C)(=O)=O)c2c(Cl)ccc(-n3c(C(Cc4cc(F)cc(F)c4)NC(=O)OC(C)(C)C)nc4nc(Oc5ccccc5F)ccc4c3=O)c21. The average molecular weight is 812 g/mol. The molecule has 0 fully saturated rings. The van der Waals surface area contributed by atoms with Crippen molar-refractivity contribution >= 4 is 61.2 Å². The Morgan fingerprint density at radius 1 is 0.982 bits per heavy atom.